The summed E-state index contributed by atoms with van der Waals surface area (Å²) < 4.78 is 5.13. The summed E-state index contributed by atoms with van der Waals surface area (Å²) in [7, 11) is 1.74. The molecule has 0 atom stereocenters. The van der Waals surface area contributed by atoms with E-state index >= 15 is 0 Å². The lowest BCUT2D eigenvalue weighted by molar-refractivity contribution is 0.204. The van der Waals surface area contributed by atoms with Crippen molar-refractivity contribution >= 4 is 18.1 Å². The minimum atomic E-state index is 0.479. The lowest BCUT2D eigenvalue weighted by Gasteiger charge is -2.23. The Morgan fingerprint density at radius 2 is 2.15 bits per heavy atom. The fourth-order valence-corrected chi connectivity index (χ4v) is 3.61. The zero-order valence-corrected chi connectivity index (χ0v) is 21.0. The van der Waals surface area contributed by atoms with Crippen molar-refractivity contribution in [3.05, 3.63) is 90.2 Å². The molecule has 1 N–H and O–H groups in total. The van der Waals surface area contributed by atoms with Crippen molar-refractivity contribution in [3.8, 4) is 0 Å². The summed E-state index contributed by atoms with van der Waals surface area (Å²) in [6, 6.07) is 8.59. The molecule has 0 aliphatic heterocycles. The fraction of sp³-hybridized carbons (Fsp3) is 0.379. The van der Waals surface area contributed by atoms with Gasteiger partial charge in [0.15, 0.2) is 0 Å². The molecule has 0 heterocycles. The molecule has 182 valence electrons. The van der Waals surface area contributed by atoms with Crippen molar-refractivity contribution in [1.82, 2.24) is 4.90 Å². The van der Waals surface area contributed by atoms with Gasteiger partial charge in [0.25, 0.3) is 0 Å². The van der Waals surface area contributed by atoms with Crippen LogP contribution in [0.25, 0.3) is 0 Å². The maximum atomic E-state index is 5.13. The third-order valence-corrected chi connectivity index (χ3v) is 5.12. The zero-order chi connectivity index (χ0) is 24.4. The Morgan fingerprint density at radius 3 is 2.94 bits per heavy atom. The van der Waals surface area contributed by atoms with Crippen LogP contribution in [0.1, 0.15) is 32.3 Å². The summed E-state index contributed by atoms with van der Waals surface area (Å²) in [6.07, 6.45) is 20.4. The predicted molar refractivity (Wildman–Crippen MR) is 148 cm³/mol. The van der Waals surface area contributed by atoms with E-state index in [4.69, 9.17) is 9.73 Å². The lowest BCUT2D eigenvalue weighted by atomic mass is 10.1. The van der Waals surface area contributed by atoms with E-state index in [9.17, 15) is 0 Å². The Balaban J connectivity index is 2.02. The van der Waals surface area contributed by atoms with E-state index < -0.39 is 0 Å². The second-order valence-electron chi connectivity index (χ2n) is 8.61. The van der Waals surface area contributed by atoms with Crippen LogP contribution in [0.2, 0.25) is 0 Å². The first-order valence-corrected chi connectivity index (χ1v) is 12.0. The number of hydrogen-bond donors (Lipinski definition) is 1. The number of nitrogens with zero attached hydrogens (tertiary/aromatic N) is 3. The predicted octanol–water partition coefficient (Wildman–Crippen LogP) is 6.20. The first kappa shape index (κ1) is 27.2. The van der Waals surface area contributed by atoms with Crippen molar-refractivity contribution in [2.75, 3.05) is 38.8 Å². The van der Waals surface area contributed by atoms with Crippen molar-refractivity contribution in [1.29, 1.82) is 0 Å². The van der Waals surface area contributed by atoms with Crippen molar-refractivity contribution < 1.29 is 4.74 Å². The molecule has 5 nitrogen and oxygen atoms in total. The molecule has 1 aliphatic rings. The summed E-state index contributed by atoms with van der Waals surface area (Å²) >= 11 is 0. The summed E-state index contributed by atoms with van der Waals surface area (Å²) in [5.74, 6) is 0.613. The molecule has 0 saturated carbocycles. The fourth-order valence-electron chi connectivity index (χ4n) is 3.61. The van der Waals surface area contributed by atoms with Gasteiger partial charge in [-0.1, -0.05) is 68.5 Å². The van der Waals surface area contributed by atoms with Crippen molar-refractivity contribution in [3.63, 3.8) is 0 Å². The molecule has 0 unspecified atom stereocenters. The molecule has 0 radical (unpaired) electrons. The van der Waals surface area contributed by atoms with Crippen LogP contribution >= 0.6 is 0 Å². The van der Waals surface area contributed by atoms with Gasteiger partial charge in [0.2, 0.25) is 0 Å². The van der Waals surface area contributed by atoms with Gasteiger partial charge in [-0.05, 0) is 54.8 Å². The van der Waals surface area contributed by atoms with E-state index in [1.807, 2.05) is 6.08 Å². The molecule has 1 aliphatic carbocycles. The van der Waals surface area contributed by atoms with E-state index in [-0.39, 0.29) is 0 Å². The Morgan fingerprint density at radius 1 is 1.26 bits per heavy atom. The Bertz CT molecular complexity index is 922. The van der Waals surface area contributed by atoms with Crippen LogP contribution in [0.15, 0.2) is 94.6 Å². The summed E-state index contributed by atoms with van der Waals surface area (Å²) in [6.45, 7) is 12.2. The first-order chi connectivity index (χ1) is 16.6. The lowest BCUT2D eigenvalue weighted by Crippen LogP contribution is -2.27. The van der Waals surface area contributed by atoms with Gasteiger partial charge in [-0.2, -0.15) is 0 Å². The zero-order valence-electron chi connectivity index (χ0n) is 21.0. The average Bonchev–Trinajstić information content (AvgIpc) is 3.10. The van der Waals surface area contributed by atoms with Gasteiger partial charge in [0, 0.05) is 45.2 Å². The number of benzene rings is 1. The topological polar surface area (TPSA) is 49.2 Å². The summed E-state index contributed by atoms with van der Waals surface area (Å²) in [4.78, 5) is 11.1. The highest BCUT2D eigenvalue weighted by Gasteiger charge is 2.08. The molecule has 34 heavy (non-hydrogen) atoms. The first-order valence-electron chi connectivity index (χ1n) is 12.0. The van der Waals surface area contributed by atoms with Gasteiger partial charge in [-0.15, -0.1) is 0 Å². The Hall–Kier alpha value is -3.02. The molecule has 0 saturated heterocycles. The highest BCUT2D eigenvalue weighted by Crippen LogP contribution is 2.15. The number of anilines is 1. The van der Waals surface area contributed by atoms with E-state index in [1.54, 1.807) is 13.3 Å². The molecule has 0 fully saturated rings. The minimum absolute atomic E-state index is 0.479. The number of ether oxygens (including phenoxy) is 1. The van der Waals surface area contributed by atoms with Crippen LogP contribution < -0.4 is 5.32 Å². The molecule has 0 aromatic heterocycles. The third-order valence-electron chi connectivity index (χ3n) is 5.12. The molecule has 1 aromatic rings. The highest BCUT2D eigenvalue weighted by molar-refractivity contribution is 6.10. The molecule has 1 aromatic carbocycles. The molecular formula is C29H40N4O. The SMILES string of the molecule is C=N/C=C\C(=N/CNc1cccc(CN(C/C=C/CCOC)CC(C)C)c1)C1=CC=CCC=C1. The second kappa shape index (κ2) is 16.6. The number of methoxy groups -OCH3 is 1. The summed E-state index contributed by atoms with van der Waals surface area (Å²) in [5, 5.41) is 3.44. The van der Waals surface area contributed by atoms with Crippen LogP contribution in [-0.2, 0) is 11.3 Å². The molecule has 5 heteroatoms. The van der Waals surface area contributed by atoms with E-state index in [1.165, 1.54) is 5.56 Å². The average molecular weight is 461 g/mol. The third kappa shape index (κ3) is 11.2. The van der Waals surface area contributed by atoms with Crippen molar-refractivity contribution in [2.24, 2.45) is 15.9 Å². The molecular weight excluding hydrogens is 420 g/mol. The van der Waals surface area contributed by atoms with E-state index in [2.05, 4.69) is 103 Å². The standard InChI is InChI=1S/C29H40N4O/c1-25(2)22-33(19-10-7-11-20-34-4)23-26-13-12-16-28(21-26)31-24-32-29(17-18-30-3)27-14-8-5-6-9-15-27/h5,7-10,12-18,21,25,31H,3,6,11,19-20,22-24H2,1-2,4H3/b10-7+,18-17-,32-29+. The number of nitrogens with one attached hydrogen (secondary N) is 1. The normalized spacial score (nSPS) is 14.4. The monoisotopic (exact) mass is 460 g/mol. The molecule has 0 bridgehead atoms. The van der Waals surface area contributed by atoms with Crippen LogP contribution in [-0.4, -0.2) is 50.8 Å². The van der Waals surface area contributed by atoms with Crippen LogP contribution in [0, 0.1) is 5.92 Å². The van der Waals surface area contributed by atoms with Crippen LogP contribution in [0.3, 0.4) is 0 Å². The molecule has 2 rings (SSSR count). The number of aliphatic imine (C=N–C) groups is 2. The Kier molecular flexibility index (Phi) is 13.3. The van der Waals surface area contributed by atoms with Gasteiger partial charge in [0.1, 0.15) is 6.67 Å². The van der Waals surface area contributed by atoms with Crippen LogP contribution in [0.4, 0.5) is 5.69 Å². The Labute approximate surface area is 206 Å². The maximum Gasteiger partial charge on any atom is 0.108 e. The highest BCUT2D eigenvalue weighted by atomic mass is 16.5. The number of hydrogen-bond acceptors (Lipinski definition) is 5. The van der Waals surface area contributed by atoms with Gasteiger partial charge in [0.05, 0.1) is 5.71 Å². The smallest absolute Gasteiger partial charge is 0.108 e. The van der Waals surface area contributed by atoms with Crippen molar-refractivity contribution in [2.45, 2.75) is 33.2 Å². The molecule has 0 amide bonds. The van der Waals surface area contributed by atoms with Crippen LogP contribution in [0.5, 0.6) is 0 Å². The summed E-state index contributed by atoms with van der Waals surface area (Å²) in [5.41, 5.74) is 4.29. The molecule has 0 spiro atoms. The van der Waals surface area contributed by atoms with Gasteiger partial charge >= 0.3 is 0 Å². The minimum Gasteiger partial charge on any atom is -0.384 e. The van der Waals surface area contributed by atoms with Gasteiger partial charge < -0.3 is 10.1 Å². The van der Waals surface area contributed by atoms with Gasteiger partial charge in [-0.3, -0.25) is 14.9 Å². The maximum absolute atomic E-state index is 5.13. The van der Waals surface area contributed by atoms with Gasteiger partial charge in [-0.25, -0.2) is 0 Å². The second-order valence-corrected chi connectivity index (χ2v) is 8.61. The quantitative estimate of drug-likeness (QED) is 0.192. The number of allylic oxidation sites excluding steroid dienone is 7. The van der Waals surface area contributed by atoms with E-state index in [0.29, 0.717) is 12.6 Å². The number of rotatable bonds is 15. The van der Waals surface area contributed by atoms with E-state index in [0.717, 1.165) is 56.1 Å². The largest absolute Gasteiger partial charge is 0.384 e.